The van der Waals surface area contributed by atoms with Crippen molar-refractivity contribution >= 4 is 28.3 Å². The van der Waals surface area contributed by atoms with Crippen LogP contribution in [0.25, 0.3) is 16.8 Å². The van der Waals surface area contributed by atoms with E-state index in [9.17, 15) is 4.79 Å². The summed E-state index contributed by atoms with van der Waals surface area (Å²) in [5.74, 6) is 0.123. The zero-order chi connectivity index (χ0) is 14.2. The molecule has 21 heavy (non-hydrogen) atoms. The van der Waals surface area contributed by atoms with E-state index in [-0.39, 0.29) is 5.78 Å². The molecule has 0 spiro atoms. The van der Waals surface area contributed by atoms with Gasteiger partial charge in [-0.05, 0) is 35.9 Å². The van der Waals surface area contributed by atoms with Gasteiger partial charge in [0.05, 0.1) is 5.56 Å². The van der Waals surface area contributed by atoms with Gasteiger partial charge >= 0.3 is 0 Å². The second kappa shape index (κ2) is 5.03. The van der Waals surface area contributed by atoms with E-state index < -0.39 is 0 Å². The highest BCUT2D eigenvalue weighted by molar-refractivity contribution is 6.23. The Morgan fingerprint density at radius 3 is 2.67 bits per heavy atom. The first-order valence-electron chi connectivity index (χ1n) is 7.87. The Balaban J connectivity index is 1.82. The minimum Gasteiger partial charge on any atom is -0.382 e. The molecule has 0 radical (unpaired) electrons. The summed E-state index contributed by atoms with van der Waals surface area (Å²) < 4.78 is 0. The van der Waals surface area contributed by atoms with Gasteiger partial charge in [-0.15, -0.1) is 0 Å². The van der Waals surface area contributed by atoms with Gasteiger partial charge in [0.15, 0.2) is 5.78 Å². The minimum absolute atomic E-state index is 0.123. The zero-order valence-electron chi connectivity index (χ0n) is 12.1. The highest BCUT2D eigenvalue weighted by Crippen LogP contribution is 2.34. The summed E-state index contributed by atoms with van der Waals surface area (Å²) in [5, 5.41) is 5.88. The predicted molar refractivity (Wildman–Crippen MR) is 87.8 cm³/mol. The number of benzene rings is 2. The summed E-state index contributed by atoms with van der Waals surface area (Å²) in [6, 6.07) is 10.9. The van der Waals surface area contributed by atoms with Gasteiger partial charge in [-0.25, -0.2) is 0 Å². The molecule has 1 N–H and O–H groups in total. The maximum absolute atomic E-state index is 12.4. The Bertz CT molecular complexity index is 739. The molecule has 2 heteroatoms. The molecule has 106 valence electrons. The Morgan fingerprint density at radius 1 is 0.952 bits per heavy atom. The van der Waals surface area contributed by atoms with Gasteiger partial charge < -0.3 is 5.32 Å². The number of carbonyl (C=O) groups is 1. The average molecular weight is 277 g/mol. The number of hydrogen-bond acceptors (Lipinski definition) is 2. The van der Waals surface area contributed by atoms with Crippen molar-refractivity contribution < 1.29 is 4.79 Å². The van der Waals surface area contributed by atoms with E-state index in [1.165, 1.54) is 32.1 Å². The molecule has 0 aliphatic heterocycles. The second-order valence-electron chi connectivity index (χ2n) is 6.11. The molecule has 2 aromatic carbocycles. The molecule has 2 aliphatic rings. The van der Waals surface area contributed by atoms with Crippen molar-refractivity contribution in [2.24, 2.45) is 0 Å². The lowest BCUT2D eigenvalue weighted by molar-refractivity contribution is 0.104. The SMILES string of the molecule is O=C1C=Cc2cccc3ccc(NC4CCCCC4)c1c23. The van der Waals surface area contributed by atoms with Crippen molar-refractivity contribution in [2.75, 3.05) is 5.32 Å². The van der Waals surface area contributed by atoms with E-state index in [1.54, 1.807) is 6.08 Å². The number of nitrogens with one attached hydrogen (secondary N) is 1. The third-order valence-corrected chi connectivity index (χ3v) is 4.70. The highest BCUT2D eigenvalue weighted by Gasteiger charge is 2.21. The predicted octanol–water partition coefficient (Wildman–Crippen LogP) is 4.79. The van der Waals surface area contributed by atoms with Crippen LogP contribution < -0.4 is 5.32 Å². The molecule has 2 nitrogen and oxygen atoms in total. The van der Waals surface area contributed by atoms with Crippen LogP contribution in [0.1, 0.15) is 48.0 Å². The fraction of sp³-hybridized carbons (Fsp3) is 0.316. The summed E-state index contributed by atoms with van der Waals surface area (Å²) in [5.41, 5.74) is 3.02. The van der Waals surface area contributed by atoms with Gasteiger partial charge in [-0.3, -0.25) is 4.79 Å². The number of hydrogen-bond donors (Lipinski definition) is 1. The van der Waals surface area contributed by atoms with Crippen molar-refractivity contribution in [1.82, 2.24) is 0 Å². The number of ketones is 1. The van der Waals surface area contributed by atoms with Gasteiger partial charge in [0.1, 0.15) is 0 Å². The van der Waals surface area contributed by atoms with Crippen LogP contribution in [0, 0.1) is 0 Å². The molecule has 0 bridgehead atoms. The summed E-state index contributed by atoms with van der Waals surface area (Å²) in [6.45, 7) is 0. The average Bonchev–Trinajstić information content (AvgIpc) is 2.53. The summed E-state index contributed by atoms with van der Waals surface area (Å²) in [7, 11) is 0. The smallest absolute Gasteiger partial charge is 0.188 e. The van der Waals surface area contributed by atoms with Crippen LogP contribution in [-0.2, 0) is 0 Å². The Labute approximate surface area is 124 Å². The molecule has 2 aromatic rings. The third-order valence-electron chi connectivity index (χ3n) is 4.70. The minimum atomic E-state index is 0.123. The van der Waals surface area contributed by atoms with Crippen molar-refractivity contribution in [3.05, 3.63) is 47.5 Å². The van der Waals surface area contributed by atoms with Crippen molar-refractivity contribution in [1.29, 1.82) is 0 Å². The highest BCUT2D eigenvalue weighted by atomic mass is 16.1. The van der Waals surface area contributed by atoms with Crippen LogP contribution >= 0.6 is 0 Å². The first kappa shape index (κ1) is 12.6. The quantitative estimate of drug-likeness (QED) is 0.854. The van der Waals surface area contributed by atoms with Crippen molar-refractivity contribution in [2.45, 2.75) is 38.1 Å². The van der Waals surface area contributed by atoms with Crippen LogP contribution in [0.2, 0.25) is 0 Å². The molecule has 2 aliphatic carbocycles. The topological polar surface area (TPSA) is 29.1 Å². The van der Waals surface area contributed by atoms with Gasteiger partial charge in [0, 0.05) is 17.1 Å². The fourth-order valence-corrected chi connectivity index (χ4v) is 3.64. The molecule has 1 saturated carbocycles. The molecular formula is C19H19NO. The second-order valence-corrected chi connectivity index (χ2v) is 6.11. The Kier molecular flexibility index (Phi) is 3.03. The van der Waals surface area contributed by atoms with E-state index in [2.05, 4.69) is 35.6 Å². The van der Waals surface area contributed by atoms with Gasteiger partial charge in [-0.1, -0.05) is 49.6 Å². The van der Waals surface area contributed by atoms with E-state index in [1.807, 2.05) is 6.08 Å². The summed E-state index contributed by atoms with van der Waals surface area (Å²) >= 11 is 0. The number of rotatable bonds is 2. The summed E-state index contributed by atoms with van der Waals surface area (Å²) in [6.07, 6.45) is 9.98. The third kappa shape index (κ3) is 2.15. The number of allylic oxidation sites excluding steroid dienone is 1. The van der Waals surface area contributed by atoms with E-state index in [0.717, 1.165) is 27.6 Å². The lowest BCUT2D eigenvalue weighted by Crippen LogP contribution is -2.23. The molecular weight excluding hydrogens is 258 g/mol. The monoisotopic (exact) mass is 277 g/mol. The maximum Gasteiger partial charge on any atom is 0.188 e. The van der Waals surface area contributed by atoms with Crippen LogP contribution in [0.4, 0.5) is 5.69 Å². The lowest BCUT2D eigenvalue weighted by Gasteiger charge is -2.26. The van der Waals surface area contributed by atoms with Crippen LogP contribution in [0.3, 0.4) is 0 Å². The van der Waals surface area contributed by atoms with Gasteiger partial charge in [0.2, 0.25) is 0 Å². The number of carbonyl (C=O) groups excluding carboxylic acids is 1. The molecule has 0 saturated heterocycles. The van der Waals surface area contributed by atoms with Crippen LogP contribution in [0.15, 0.2) is 36.4 Å². The Hall–Kier alpha value is -2.09. The van der Waals surface area contributed by atoms with Crippen LogP contribution in [0.5, 0.6) is 0 Å². The van der Waals surface area contributed by atoms with Crippen molar-refractivity contribution in [3.63, 3.8) is 0 Å². The molecule has 4 rings (SSSR count). The standard InChI is InChI=1S/C19H19NO/c21-17-12-10-14-6-4-5-13-9-11-16(19(17)18(13)14)20-15-7-2-1-3-8-15/h4-6,9-12,15,20H,1-3,7-8H2. The van der Waals surface area contributed by atoms with Gasteiger partial charge in [-0.2, -0.15) is 0 Å². The normalized spacial score (nSPS) is 18.2. The molecule has 0 atom stereocenters. The molecule has 1 fully saturated rings. The molecule has 0 aromatic heterocycles. The maximum atomic E-state index is 12.4. The molecule has 0 heterocycles. The lowest BCUT2D eigenvalue weighted by atomic mass is 9.90. The van der Waals surface area contributed by atoms with Crippen LogP contribution in [-0.4, -0.2) is 11.8 Å². The first-order chi connectivity index (χ1) is 10.3. The van der Waals surface area contributed by atoms with E-state index in [0.29, 0.717) is 6.04 Å². The largest absolute Gasteiger partial charge is 0.382 e. The molecule has 0 amide bonds. The zero-order valence-corrected chi connectivity index (χ0v) is 12.1. The van der Waals surface area contributed by atoms with Crippen molar-refractivity contribution in [3.8, 4) is 0 Å². The van der Waals surface area contributed by atoms with E-state index >= 15 is 0 Å². The van der Waals surface area contributed by atoms with Gasteiger partial charge in [0.25, 0.3) is 0 Å². The summed E-state index contributed by atoms with van der Waals surface area (Å²) in [4.78, 5) is 12.4. The number of anilines is 1. The first-order valence-corrected chi connectivity index (χ1v) is 7.87. The Morgan fingerprint density at radius 2 is 1.81 bits per heavy atom. The molecule has 0 unspecified atom stereocenters. The fourth-order valence-electron chi connectivity index (χ4n) is 3.64. The van der Waals surface area contributed by atoms with E-state index in [4.69, 9.17) is 0 Å².